The van der Waals surface area contributed by atoms with Crippen LogP contribution in [0.1, 0.15) is 0 Å². The Bertz CT molecular complexity index is 154. The molecule has 0 atom stereocenters. The van der Waals surface area contributed by atoms with E-state index in [2.05, 4.69) is 4.31 Å². The predicted octanol–water partition coefficient (Wildman–Crippen LogP) is -4.76. The SMILES string of the molecule is O.O.O.O.O=P(O)(O)OP(=O)(O)O.[NaH]. The van der Waals surface area contributed by atoms with Crippen LogP contribution in [-0.2, 0) is 13.4 Å². The molecule has 0 unspecified atom stereocenters. The van der Waals surface area contributed by atoms with Crippen LogP contribution < -0.4 is 0 Å². The zero-order valence-electron chi connectivity index (χ0n) is 5.91. The second-order valence-electron chi connectivity index (χ2n) is 1.06. The first-order valence-electron chi connectivity index (χ1n) is 1.53. The number of hydrogen-bond donors (Lipinski definition) is 4. The van der Waals surface area contributed by atoms with Gasteiger partial charge in [0.25, 0.3) is 0 Å². The van der Waals surface area contributed by atoms with E-state index in [0.717, 1.165) is 0 Å². The third kappa shape index (κ3) is 38.0. The number of rotatable bonds is 2. The van der Waals surface area contributed by atoms with Crippen LogP contribution in [0.2, 0.25) is 0 Å². The van der Waals surface area contributed by atoms with E-state index in [-0.39, 0.29) is 51.5 Å². The molecule has 0 bridgehead atoms. The Morgan fingerprint density at radius 3 is 0.857 bits per heavy atom. The summed E-state index contributed by atoms with van der Waals surface area (Å²) in [6.07, 6.45) is 0. The zero-order valence-corrected chi connectivity index (χ0v) is 7.70. The van der Waals surface area contributed by atoms with Gasteiger partial charge >= 0.3 is 45.2 Å². The first-order valence-corrected chi connectivity index (χ1v) is 4.59. The molecule has 0 aliphatic carbocycles. The Hall–Kier alpha value is 1.10. The Kier molecular flexibility index (Phi) is 31.5. The molecule has 0 saturated heterocycles. The van der Waals surface area contributed by atoms with Crippen molar-refractivity contribution >= 4 is 45.2 Å². The monoisotopic (exact) mass is 274 g/mol. The van der Waals surface area contributed by atoms with Gasteiger partial charge < -0.3 is 41.5 Å². The topological polar surface area (TPSA) is 250 Å². The molecule has 0 spiro atoms. The van der Waals surface area contributed by atoms with Crippen LogP contribution in [-0.4, -0.2) is 71.0 Å². The van der Waals surface area contributed by atoms with Gasteiger partial charge in [0.05, 0.1) is 0 Å². The molecule has 14 heteroatoms. The summed E-state index contributed by atoms with van der Waals surface area (Å²) in [6, 6.07) is 0. The molecule has 12 N–H and O–H groups in total. The number of phosphoric acid groups is 2. The van der Waals surface area contributed by atoms with E-state index in [0.29, 0.717) is 0 Å². The third-order valence-corrected chi connectivity index (χ3v) is 1.91. The number of hydrogen-bond acceptors (Lipinski definition) is 3. The second kappa shape index (κ2) is 12.2. The van der Waals surface area contributed by atoms with Crippen LogP contribution in [0, 0.1) is 0 Å². The van der Waals surface area contributed by atoms with E-state index < -0.39 is 15.6 Å². The van der Waals surface area contributed by atoms with Gasteiger partial charge in [-0.2, -0.15) is 4.31 Å². The van der Waals surface area contributed by atoms with Gasteiger partial charge in [0, 0.05) is 0 Å². The molecule has 0 aromatic rings. The minimum atomic E-state index is -5.05. The average Bonchev–Trinajstić information content (AvgIpc) is 1.14. The summed E-state index contributed by atoms with van der Waals surface area (Å²) in [6.45, 7) is 0. The molecule has 0 aromatic carbocycles. The molecule has 90 valence electrons. The van der Waals surface area contributed by atoms with Crippen LogP contribution in [0.3, 0.4) is 0 Å². The average molecular weight is 274 g/mol. The van der Waals surface area contributed by atoms with Crippen LogP contribution in [0.5, 0.6) is 0 Å². The zero-order chi connectivity index (χ0) is 7.71. The van der Waals surface area contributed by atoms with E-state index >= 15 is 0 Å². The van der Waals surface area contributed by atoms with E-state index in [1.165, 1.54) is 0 Å². The fourth-order valence-electron chi connectivity index (χ4n) is 0.139. The van der Waals surface area contributed by atoms with E-state index in [1.807, 2.05) is 0 Å². The standard InChI is InChI=1S/Na.H4O7P2.4H2O.H/c;1-8(2,3)7-9(4,5)6;;;;;/h;(H2,1,2,3)(H2,4,5,6);4*1H2;. The second-order valence-corrected chi connectivity index (χ2v) is 3.68. The van der Waals surface area contributed by atoms with Crippen molar-refractivity contribution in [1.29, 1.82) is 0 Å². The molecule has 0 fully saturated rings. The summed E-state index contributed by atoms with van der Waals surface area (Å²) in [5, 5.41) is 0. The maximum atomic E-state index is 9.63. The quantitative estimate of drug-likeness (QED) is 0.282. The van der Waals surface area contributed by atoms with E-state index in [1.54, 1.807) is 0 Å². The molecule has 0 aromatic heterocycles. The van der Waals surface area contributed by atoms with Gasteiger partial charge in [0.15, 0.2) is 0 Å². The molecule has 0 saturated carbocycles. The summed E-state index contributed by atoms with van der Waals surface area (Å²) in [5.74, 6) is 0. The van der Waals surface area contributed by atoms with Gasteiger partial charge in [-0.1, -0.05) is 0 Å². The van der Waals surface area contributed by atoms with Gasteiger partial charge in [0.2, 0.25) is 0 Å². The van der Waals surface area contributed by atoms with Gasteiger partial charge in [-0.25, -0.2) is 9.13 Å². The summed E-state index contributed by atoms with van der Waals surface area (Å²) in [7, 11) is -10.1. The molecule has 14 heavy (non-hydrogen) atoms. The molecule has 0 rings (SSSR count). The molecule has 11 nitrogen and oxygen atoms in total. The maximum absolute atomic E-state index is 9.63. The Labute approximate surface area is 100 Å². The molecule has 0 aliphatic rings. The third-order valence-electron chi connectivity index (χ3n) is 0.213. The molecule has 0 amide bonds. The first kappa shape index (κ1) is 36.3. The Morgan fingerprint density at radius 1 is 0.714 bits per heavy atom. The fraction of sp³-hybridized carbons (Fsp3) is 0. The Morgan fingerprint density at radius 2 is 0.857 bits per heavy atom. The summed E-state index contributed by atoms with van der Waals surface area (Å²) < 4.78 is 22.2. The normalized spacial score (nSPS) is 8.86. The molecular weight excluding hydrogens is 261 g/mol. The summed E-state index contributed by atoms with van der Waals surface area (Å²) in [5.41, 5.74) is 0. The van der Waals surface area contributed by atoms with Crippen LogP contribution in [0.4, 0.5) is 0 Å². The van der Waals surface area contributed by atoms with Gasteiger partial charge in [-0.15, -0.1) is 0 Å². The molecule has 0 radical (unpaired) electrons. The summed E-state index contributed by atoms with van der Waals surface area (Å²) >= 11 is 0. The van der Waals surface area contributed by atoms with Gasteiger partial charge in [-0.05, 0) is 0 Å². The van der Waals surface area contributed by atoms with Crippen molar-refractivity contribution in [3.63, 3.8) is 0 Å². The van der Waals surface area contributed by atoms with Crippen molar-refractivity contribution < 1.29 is 54.9 Å². The van der Waals surface area contributed by atoms with E-state index in [4.69, 9.17) is 19.6 Å². The van der Waals surface area contributed by atoms with Crippen molar-refractivity contribution in [2.75, 3.05) is 0 Å². The van der Waals surface area contributed by atoms with Crippen LogP contribution in [0.25, 0.3) is 0 Å². The molecule has 0 aliphatic heterocycles. The van der Waals surface area contributed by atoms with Crippen molar-refractivity contribution in [1.82, 2.24) is 0 Å². The van der Waals surface area contributed by atoms with Crippen molar-refractivity contribution in [2.24, 2.45) is 0 Å². The molecular formula is H13NaO11P2. The first-order chi connectivity index (χ1) is 3.71. The summed E-state index contributed by atoms with van der Waals surface area (Å²) in [4.78, 5) is 31.0. The predicted molar refractivity (Wildman–Crippen MR) is 46.8 cm³/mol. The van der Waals surface area contributed by atoms with Crippen molar-refractivity contribution in [3.8, 4) is 0 Å². The minimum absolute atomic E-state index is 0. The Balaban J connectivity index is -0.0000000320. The molecule has 0 heterocycles. The van der Waals surface area contributed by atoms with Crippen molar-refractivity contribution in [2.45, 2.75) is 0 Å². The van der Waals surface area contributed by atoms with E-state index in [9.17, 15) is 9.13 Å². The van der Waals surface area contributed by atoms with Crippen LogP contribution >= 0.6 is 15.6 Å². The van der Waals surface area contributed by atoms with Gasteiger partial charge in [-0.3, -0.25) is 0 Å². The van der Waals surface area contributed by atoms with Gasteiger partial charge in [0.1, 0.15) is 0 Å². The van der Waals surface area contributed by atoms with Crippen molar-refractivity contribution in [3.05, 3.63) is 0 Å². The fourth-order valence-corrected chi connectivity index (χ4v) is 1.25. The van der Waals surface area contributed by atoms with Crippen LogP contribution in [0.15, 0.2) is 0 Å².